The molecule has 9 heteroatoms. The molecule has 1 aliphatic heterocycles. The molecule has 0 radical (unpaired) electrons. The van der Waals surface area contributed by atoms with Crippen molar-refractivity contribution in [1.29, 1.82) is 0 Å². The largest absolute Gasteiger partial charge is 0.444 e. The highest BCUT2D eigenvalue weighted by Crippen LogP contribution is 2.23. The van der Waals surface area contributed by atoms with Crippen LogP contribution in [0.3, 0.4) is 0 Å². The molecule has 0 saturated carbocycles. The van der Waals surface area contributed by atoms with Crippen LogP contribution in [0.4, 0.5) is 4.79 Å². The lowest BCUT2D eigenvalue weighted by atomic mass is 10.1. The van der Waals surface area contributed by atoms with E-state index in [4.69, 9.17) is 9.84 Å². The Morgan fingerprint density at radius 3 is 2.72 bits per heavy atom. The van der Waals surface area contributed by atoms with Crippen LogP contribution in [0.15, 0.2) is 5.10 Å². The lowest BCUT2D eigenvalue weighted by Gasteiger charge is -2.30. The van der Waals surface area contributed by atoms with Gasteiger partial charge in [0.15, 0.2) is 5.69 Å². The molecule has 0 aromatic carbocycles. The minimum Gasteiger partial charge on any atom is -0.444 e. The second kappa shape index (κ2) is 7.22. The number of nitrogens with zero attached hydrogens (tertiary/aromatic N) is 4. The smallest absolute Gasteiger partial charge is 0.410 e. The number of ether oxygens (including phenoxy) is 1. The summed E-state index contributed by atoms with van der Waals surface area (Å²) in [6.07, 6.45) is 0.151. The van der Waals surface area contributed by atoms with Crippen LogP contribution >= 0.6 is 0 Å². The number of amides is 2. The summed E-state index contributed by atoms with van der Waals surface area (Å²) < 4.78 is 5.40. The summed E-state index contributed by atoms with van der Waals surface area (Å²) in [5.41, 5.74) is 1.56. The van der Waals surface area contributed by atoms with E-state index in [1.807, 2.05) is 20.8 Å². The van der Waals surface area contributed by atoms with Crippen LogP contribution in [0, 0.1) is 0 Å². The molecule has 0 fully saturated rings. The lowest BCUT2D eigenvalue weighted by Crippen LogP contribution is -2.40. The molecule has 2 N–H and O–H groups in total. The normalized spacial score (nSPS) is 15.0. The number of hydrazone groups is 1. The summed E-state index contributed by atoms with van der Waals surface area (Å²) in [4.78, 5) is 26.4. The molecule has 1 aromatic heterocycles. The van der Waals surface area contributed by atoms with Crippen molar-refractivity contribution in [2.45, 2.75) is 46.3 Å². The number of carbonyl (C=O) groups excluding carboxylic acids is 2. The molecule has 0 saturated heterocycles. The second-order valence-electron chi connectivity index (χ2n) is 7.00. The first-order valence-electron chi connectivity index (χ1n) is 8.09. The predicted molar refractivity (Wildman–Crippen MR) is 91.2 cm³/mol. The van der Waals surface area contributed by atoms with Gasteiger partial charge in [0.1, 0.15) is 5.60 Å². The Morgan fingerprint density at radius 1 is 1.44 bits per heavy atom. The van der Waals surface area contributed by atoms with Crippen molar-refractivity contribution in [3.63, 3.8) is 0 Å². The molecule has 138 valence electrons. The molecule has 0 aliphatic carbocycles. The van der Waals surface area contributed by atoms with Gasteiger partial charge in [0.2, 0.25) is 0 Å². The van der Waals surface area contributed by atoms with Crippen LogP contribution < -0.4 is 0 Å². The monoisotopic (exact) mass is 351 g/mol. The van der Waals surface area contributed by atoms with Gasteiger partial charge in [-0.15, -0.1) is 0 Å². The van der Waals surface area contributed by atoms with Crippen molar-refractivity contribution >= 4 is 17.7 Å². The number of rotatable bonds is 3. The zero-order valence-corrected chi connectivity index (χ0v) is 15.3. The van der Waals surface area contributed by atoms with E-state index in [9.17, 15) is 9.59 Å². The first-order valence-corrected chi connectivity index (χ1v) is 8.09. The van der Waals surface area contributed by atoms with Gasteiger partial charge in [-0.1, -0.05) is 0 Å². The van der Waals surface area contributed by atoms with Gasteiger partial charge in [0.25, 0.3) is 5.91 Å². The summed E-state index contributed by atoms with van der Waals surface area (Å²) >= 11 is 0. The quantitative estimate of drug-likeness (QED) is 0.627. The van der Waals surface area contributed by atoms with E-state index >= 15 is 0 Å². The summed E-state index contributed by atoms with van der Waals surface area (Å²) in [5.74, 6) is -0.406. The number of aliphatic hydroxyl groups is 1. The summed E-state index contributed by atoms with van der Waals surface area (Å²) in [5, 5.41) is 21.1. The molecule has 0 atom stereocenters. The van der Waals surface area contributed by atoms with Crippen LogP contribution in [0.25, 0.3) is 0 Å². The van der Waals surface area contributed by atoms with Crippen molar-refractivity contribution in [3.05, 3.63) is 17.0 Å². The van der Waals surface area contributed by atoms with Gasteiger partial charge in [-0.2, -0.15) is 10.2 Å². The maximum absolute atomic E-state index is 12.6. The molecule has 0 unspecified atom stereocenters. The molecule has 1 aliphatic rings. The standard InChI is InChI=1S/C16H25N5O4/c1-10(9-22)19-20(5)14(23)13-11-8-21(7-6-12(11)17-18-13)15(24)25-16(2,3)4/h22H,6-9H2,1-5H3,(H,17,18)/b19-10+. The maximum atomic E-state index is 12.6. The number of aromatic nitrogens is 2. The highest BCUT2D eigenvalue weighted by atomic mass is 16.6. The Hall–Kier alpha value is -2.42. The lowest BCUT2D eigenvalue weighted by molar-refractivity contribution is 0.0222. The highest BCUT2D eigenvalue weighted by molar-refractivity contribution is 5.95. The van der Waals surface area contributed by atoms with Crippen LogP contribution in [-0.4, -0.2) is 68.7 Å². The van der Waals surface area contributed by atoms with E-state index in [2.05, 4.69) is 15.3 Å². The number of fused-ring (bicyclic) bond motifs is 1. The molecule has 2 rings (SSSR count). The van der Waals surface area contributed by atoms with Gasteiger partial charge < -0.3 is 14.7 Å². The van der Waals surface area contributed by atoms with E-state index in [1.165, 1.54) is 7.05 Å². The number of aliphatic hydroxyl groups excluding tert-OH is 1. The summed E-state index contributed by atoms with van der Waals surface area (Å²) in [7, 11) is 1.50. The second-order valence-corrected chi connectivity index (χ2v) is 7.00. The molecule has 2 amide bonds. The molecular weight excluding hydrogens is 326 g/mol. The first-order chi connectivity index (χ1) is 11.6. The van der Waals surface area contributed by atoms with E-state index < -0.39 is 17.6 Å². The molecule has 0 spiro atoms. The fourth-order valence-electron chi connectivity index (χ4n) is 2.44. The summed E-state index contributed by atoms with van der Waals surface area (Å²) in [6, 6.07) is 0. The Balaban J connectivity index is 2.18. The number of hydrogen-bond donors (Lipinski definition) is 2. The van der Waals surface area contributed by atoms with Crippen LogP contribution in [0.1, 0.15) is 49.4 Å². The molecular formula is C16H25N5O4. The number of aromatic amines is 1. The topological polar surface area (TPSA) is 111 Å². The third kappa shape index (κ3) is 4.56. The zero-order valence-electron chi connectivity index (χ0n) is 15.3. The Morgan fingerprint density at radius 2 is 2.12 bits per heavy atom. The Kier molecular flexibility index (Phi) is 5.46. The zero-order chi connectivity index (χ0) is 18.8. The summed E-state index contributed by atoms with van der Waals surface area (Å²) in [6.45, 7) is 7.56. The van der Waals surface area contributed by atoms with E-state index in [0.29, 0.717) is 24.2 Å². The average Bonchev–Trinajstić information content (AvgIpc) is 2.95. The Labute approximate surface area is 146 Å². The molecule has 25 heavy (non-hydrogen) atoms. The van der Waals surface area contributed by atoms with Crippen LogP contribution in [-0.2, 0) is 17.7 Å². The highest BCUT2D eigenvalue weighted by Gasteiger charge is 2.31. The molecule has 0 bridgehead atoms. The minimum atomic E-state index is -0.580. The SMILES string of the molecule is C/C(CO)=N\N(C)C(=O)c1n[nH]c2c1CN(C(=O)OC(C)(C)C)CC2. The van der Waals surface area contributed by atoms with Gasteiger partial charge >= 0.3 is 6.09 Å². The van der Waals surface area contributed by atoms with Gasteiger partial charge in [-0.25, -0.2) is 9.80 Å². The van der Waals surface area contributed by atoms with Crippen molar-refractivity contribution in [1.82, 2.24) is 20.1 Å². The van der Waals surface area contributed by atoms with E-state index in [1.54, 1.807) is 11.8 Å². The van der Waals surface area contributed by atoms with Gasteiger partial charge in [-0.3, -0.25) is 9.89 Å². The fraction of sp³-hybridized carbons (Fsp3) is 0.625. The average molecular weight is 351 g/mol. The fourth-order valence-corrected chi connectivity index (χ4v) is 2.44. The van der Waals surface area contributed by atoms with Gasteiger partial charge in [0, 0.05) is 31.3 Å². The number of H-pyrrole nitrogens is 1. The molecule has 1 aromatic rings. The van der Waals surface area contributed by atoms with E-state index in [0.717, 1.165) is 10.7 Å². The van der Waals surface area contributed by atoms with Gasteiger partial charge in [-0.05, 0) is 27.7 Å². The third-order valence-corrected chi connectivity index (χ3v) is 3.63. The number of carbonyl (C=O) groups is 2. The van der Waals surface area contributed by atoms with Crippen molar-refractivity contribution in [2.75, 3.05) is 20.2 Å². The van der Waals surface area contributed by atoms with Crippen molar-refractivity contribution < 1.29 is 19.4 Å². The van der Waals surface area contributed by atoms with Crippen molar-refractivity contribution in [3.8, 4) is 0 Å². The minimum absolute atomic E-state index is 0.222. The Bertz CT molecular complexity index is 689. The predicted octanol–water partition coefficient (Wildman–Crippen LogP) is 1.14. The number of nitrogens with one attached hydrogen (secondary N) is 1. The number of hydrogen-bond acceptors (Lipinski definition) is 6. The van der Waals surface area contributed by atoms with E-state index in [-0.39, 0.29) is 18.8 Å². The van der Waals surface area contributed by atoms with Crippen molar-refractivity contribution in [2.24, 2.45) is 5.10 Å². The first kappa shape index (κ1) is 18.9. The van der Waals surface area contributed by atoms with Crippen LogP contribution in [0.2, 0.25) is 0 Å². The third-order valence-electron chi connectivity index (χ3n) is 3.63. The molecule has 9 nitrogen and oxygen atoms in total. The molecule has 2 heterocycles. The van der Waals surface area contributed by atoms with Gasteiger partial charge in [0.05, 0.1) is 18.9 Å². The maximum Gasteiger partial charge on any atom is 0.410 e. The van der Waals surface area contributed by atoms with Crippen LogP contribution in [0.5, 0.6) is 0 Å².